The van der Waals surface area contributed by atoms with Crippen LogP contribution in [0.15, 0.2) is 67.1 Å². The minimum Gasteiger partial charge on any atom is -0.338 e. The van der Waals surface area contributed by atoms with Crippen LogP contribution in [0, 0.1) is 0 Å². The van der Waals surface area contributed by atoms with Gasteiger partial charge in [0.15, 0.2) is 0 Å². The molecule has 0 unspecified atom stereocenters. The summed E-state index contributed by atoms with van der Waals surface area (Å²) in [6.45, 7) is 1.49. The second-order valence-electron chi connectivity index (χ2n) is 7.63. The van der Waals surface area contributed by atoms with Gasteiger partial charge in [-0.05, 0) is 36.1 Å². The highest BCUT2D eigenvalue weighted by Crippen LogP contribution is 2.30. The SMILES string of the molecule is O=C(c1cnn2ccccc12)N1CCC(c2[nH]ncc2Cc2ccccc2)CC1. The van der Waals surface area contributed by atoms with Gasteiger partial charge in [0.25, 0.3) is 5.91 Å². The summed E-state index contributed by atoms with van der Waals surface area (Å²) in [5, 5.41) is 11.8. The zero-order chi connectivity index (χ0) is 19.6. The van der Waals surface area contributed by atoms with E-state index in [1.165, 1.54) is 16.8 Å². The van der Waals surface area contributed by atoms with Crippen LogP contribution in [0.1, 0.15) is 45.9 Å². The van der Waals surface area contributed by atoms with Gasteiger partial charge in [-0.1, -0.05) is 36.4 Å². The van der Waals surface area contributed by atoms with Crippen molar-refractivity contribution in [3.63, 3.8) is 0 Å². The first-order valence-electron chi connectivity index (χ1n) is 10.1. The van der Waals surface area contributed by atoms with Crippen molar-refractivity contribution >= 4 is 11.4 Å². The van der Waals surface area contributed by atoms with E-state index in [0.29, 0.717) is 11.5 Å². The molecular weight excluding hydrogens is 362 g/mol. The van der Waals surface area contributed by atoms with Gasteiger partial charge in [-0.25, -0.2) is 4.52 Å². The second kappa shape index (κ2) is 7.54. The summed E-state index contributed by atoms with van der Waals surface area (Å²) in [6, 6.07) is 16.3. The summed E-state index contributed by atoms with van der Waals surface area (Å²) in [7, 11) is 0. The number of fused-ring (bicyclic) bond motifs is 1. The van der Waals surface area contributed by atoms with Crippen molar-refractivity contribution in [1.82, 2.24) is 24.7 Å². The monoisotopic (exact) mass is 385 g/mol. The number of aromatic nitrogens is 4. The van der Waals surface area contributed by atoms with E-state index in [0.717, 1.165) is 37.9 Å². The number of hydrogen-bond acceptors (Lipinski definition) is 3. The minimum absolute atomic E-state index is 0.0683. The molecule has 1 amide bonds. The molecule has 0 bridgehead atoms. The Morgan fingerprint density at radius 1 is 1.03 bits per heavy atom. The van der Waals surface area contributed by atoms with Gasteiger partial charge in [0.05, 0.1) is 23.5 Å². The highest BCUT2D eigenvalue weighted by atomic mass is 16.2. The fraction of sp³-hybridized carbons (Fsp3) is 0.261. The molecule has 1 aliphatic heterocycles. The number of pyridine rings is 1. The molecule has 6 nitrogen and oxygen atoms in total. The van der Waals surface area contributed by atoms with Crippen molar-refractivity contribution in [3.8, 4) is 0 Å². The van der Waals surface area contributed by atoms with E-state index in [9.17, 15) is 4.79 Å². The number of rotatable bonds is 4. The van der Waals surface area contributed by atoms with E-state index in [1.807, 2.05) is 41.6 Å². The minimum atomic E-state index is 0.0683. The molecule has 0 saturated carbocycles. The quantitative estimate of drug-likeness (QED) is 0.583. The van der Waals surface area contributed by atoms with E-state index >= 15 is 0 Å². The van der Waals surface area contributed by atoms with Crippen LogP contribution in [0.25, 0.3) is 5.52 Å². The van der Waals surface area contributed by atoms with Crippen LogP contribution in [-0.4, -0.2) is 43.7 Å². The summed E-state index contributed by atoms with van der Waals surface area (Å²) in [6.07, 6.45) is 8.25. The maximum Gasteiger partial charge on any atom is 0.257 e. The smallest absolute Gasteiger partial charge is 0.257 e. The number of nitrogens with one attached hydrogen (secondary N) is 1. The molecule has 29 heavy (non-hydrogen) atoms. The summed E-state index contributed by atoms with van der Waals surface area (Å²) < 4.78 is 1.75. The lowest BCUT2D eigenvalue weighted by atomic mass is 9.89. The lowest BCUT2D eigenvalue weighted by Crippen LogP contribution is -2.38. The molecule has 1 saturated heterocycles. The first-order chi connectivity index (χ1) is 14.3. The lowest BCUT2D eigenvalue weighted by Gasteiger charge is -2.31. The number of amides is 1. The molecular formula is C23H23N5O. The van der Waals surface area contributed by atoms with Crippen LogP contribution < -0.4 is 0 Å². The number of likely N-dealkylation sites (tertiary alicyclic amines) is 1. The molecule has 1 aliphatic rings. The van der Waals surface area contributed by atoms with Crippen molar-refractivity contribution in [2.45, 2.75) is 25.2 Å². The average Bonchev–Trinajstić information content (AvgIpc) is 3.41. The lowest BCUT2D eigenvalue weighted by molar-refractivity contribution is 0.0714. The van der Waals surface area contributed by atoms with Gasteiger partial charge < -0.3 is 4.90 Å². The van der Waals surface area contributed by atoms with Crippen molar-refractivity contribution in [1.29, 1.82) is 0 Å². The highest BCUT2D eigenvalue weighted by molar-refractivity contribution is 6.00. The van der Waals surface area contributed by atoms with Crippen LogP contribution in [0.3, 0.4) is 0 Å². The molecule has 0 aliphatic carbocycles. The Morgan fingerprint density at radius 2 is 1.83 bits per heavy atom. The van der Waals surface area contributed by atoms with Gasteiger partial charge in [0.2, 0.25) is 0 Å². The molecule has 0 spiro atoms. The fourth-order valence-electron chi connectivity index (χ4n) is 4.27. The topological polar surface area (TPSA) is 66.3 Å². The number of carbonyl (C=O) groups is 1. The largest absolute Gasteiger partial charge is 0.338 e. The Hall–Kier alpha value is -3.41. The predicted molar refractivity (Wildman–Crippen MR) is 111 cm³/mol. The summed E-state index contributed by atoms with van der Waals surface area (Å²) in [4.78, 5) is 15.0. The molecule has 5 rings (SSSR count). The van der Waals surface area contributed by atoms with Crippen molar-refractivity contribution in [2.75, 3.05) is 13.1 Å². The normalized spacial score (nSPS) is 15.1. The van der Waals surface area contributed by atoms with Crippen molar-refractivity contribution in [3.05, 3.63) is 89.5 Å². The predicted octanol–water partition coefficient (Wildman–Crippen LogP) is 3.67. The van der Waals surface area contributed by atoms with Crippen LogP contribution in [0.4, 0.5) is 0 Å². The molecule has 1 N–H and O–H groups in total. The molecule has 6 heteroatoms. The van der Waals surface area contributed by atoms with E-state index in [1.54, 1.807) is 10.7 Å². The number of benzene rings is 1. The zero-order valence-corrected chi connectivity index (χ0v) is 16.2. The molecule has 1 fully saturated rings. The fourth-order valence-corrected chi connectivity index (χ4v) is 4.27. The Labute approximate surface area is 169 Å². The third kappa shape index (κ3) is 3.42. The number of H-pyrrole nitrogens is 1. The van der Waals surface area contributed by atoms with E-state index in [4.69, 9.17) is 0 Å². The number of carbonyl (C=O) groups excluding carboxylic acids is 1. The molecule has 0 atom stereocenters. The maximum absolute atomic E-state index is 13.0. The molecule has 4 aromatic rings. The van der Waals surface area contributed by atoms with E-state index in [-0.39, 0.29) is 5.91 Å². The van der Waals surface area contributed by atoms with Gasteiger partial charge in [-0.15, -0.1) is 0 Å². The second-order valence-corrected chi connectivity index (χ2v) is 7.63. The van der Waals surface area contributed by atoms with Crippen molar-refractivity contribution in [2.24, 2.45) is 0 Å². The molecule has 4 heterocycles. The maximum atomic E-state index is 13.0. The van der Waals surface area contributed by atoms with E-state index < -0.39 is 0 Å². The van der Waals surface area contributed by atoms with Crippen LogP contribution in [-0.2, 0) is 6.42 Å². The number of hydrogen-bond donors (Lipinski definition) is 1. The standard InChI is InChI=1S/C23H23N5O/c29-23(20-16-25-28-11-5-4-8-21(20)28)27-12-9-18(10-13-27)22-19(15-24-26-22)14-17-6-2-1-3-7-17/h1-8,11,15-16,18H,9-10,12-14H2,(H,24,26). The molecule has 3 aromatic heterocycles. The summed E-state index contributed by atoms with van der Waals surface area (Å²) >= 11 is 0. The van der Waals surface area contributed by atoms with Crippen LogP contribution >= 0.6 is 0 Å². The van der Waals surface area contributed by atoms with Gasteiger partial charge >= 0.3 is 0 Å². The first kappa shape index (κ1) is 17.7. The molecule has 146 valence electrons. The Morgan fingerprint density at radius 3 is 2.66 bits per heavy atom. The molecule has 1 aromatic carbocycles. The summed E-state index contributed by atoms with van der Waals surface area (Å²) in [5.74, 6) is 0.475. The zero-order valence-electron chi connectivity index (χ0n) is 16.2. The third-order valence-corrected chi connectivity index (χ3v) is 5.84. The summed E-state index contributed by atoms with van der Waals surface area (Å²) in [5.41, 5.74) is 5.30. The first-order valence-corrected chi connectivity index (χ1v) is 10.1. The third-order valence-electron chi connectivity index (χ3n) is 5.84. The van der Waals surface area contributed by atoms with Gasteiger partial charge in [-0.3, -0.25) is 9.89 Å². The Kier molecular flexibility index (Phi) is 4.60. The van der Waals surface area contributed by atoms with E-state index in [2.05, 4.69) is 39.6 Å². The average molecular weight is 385 g/mol. The van der Waals surface area contributed by atoms with Gasteiger partial charge in [-0.2, -0.15) is 10.2 Å². The number of nitrogens with zero attached hydrogens (tertiary/aromatic N) is 4. The number of piperidine rings is 1. The Bertz CT molecular complexity index is 1120. The number of aromatic amines is 1. The van der Waals surface area contributed by atoms with Crippen molar-refractivity contribution < 1.29 is 4.79 Å². The van der Waals surface area contributed by atoms with Crippen LogP contribution in [0.5, 0.6) is 0 Å². The Balaban J connectivity index is 1.28. The van der Waals surface area contributed by atoms with Crippen LogP contribution in [0.2, 0.25) is 0 Å². The van der Waals surface area contributed by atoms with Gasteiger partial charge in [0, 0.05) is 37.3 Å². The van der Waals surface area contributed by atoms with Gasteiger partial charge in [0.1, 0.15) is 0 Å². The highest BCUT2D eigenvalue weighted by Gasteiger charge is 2.28. The molecule has 0 radical (unpaired) electrons.